The maximum absolute atomic E-state index is 14.0. The number of hydrogen-bond donors (Lipinski definition) is 2. The summed E-state index contributed by atoms with van der Waals surface area (Å²) in [5, 5.41) is 23.5. The molecule has 0 spiro atoms. The van der Waals surface area contributed by atoms with Crippen LogP contribution in [0.15, 0.2) is 115 Å². The number of methoxy groups -OCH3 is 1. The minimum absolute atomic E-state index is 0.162. The van der Waals surface area contributed by atoms with Gasteiger partial charge < -0.3 is 19.8 Å². The molecule has 0 aliphatic rings. The zero-order valence-electron chi connectivity index (χ0n) is 26.6. The van der Waals surface area contributed by atoms with E-state index >= 15 is 0 Å². The summed E-state index contributed by atoms with van der Waals surface area (Å²) in [6.07, 6.45) is 3.74. The number of aliphatic carboxylic acids is 2. The summed E-state index contributed by atoms with van der Waals surface area (Å²) in [6, 6.07) is 35.9. The first-order valence-electron chi connectivity index (χ1n) is 15.7. The van der Waals surface area contributed by atoms with Gasteiger partial charge in [0.25, 0.3) is 0 Å². The summed E-state index contributed by atoms with van der Waals surface area (Å²) in [5.41, 5.74) is 2.96. The minimum Gasteiger partial charge on any atom is -0.497 e. The Labute approximate surface area is 274 Å². The molecule has 5 aromatic rings. The van der Waals surface area contributed by atoms with E-state index in [2.05, 4.69) is 42.5 Å². The highest BCUT2D eigenvalue weighted by molar-refractivity contribution is 5.86. The Morgan fingerprint density at radius 1 is 0.766 bits per heavy atom. The van der Waals surface area contributed by atoms with Gasteiger partial charge in [-0.2, -0.15) is 0 Å². The summed E-state index contributed by atoms with van der Waals surface area (Å²) in [5.74, 6) is -3.74. The van der Waals surface area contributed by atoms with Crippen LogP contribution in [0.4, 0.5) is 0 Å². The fraction of sp³-hybridized carbons (Fsp3) is 0.225. The molecule has 47 heavy (non-hydrogen) atoms. The van der Waals surface area contributed by atoms with Crippen molar-refractivity contribution in [2.24, 2.45) is 5.92 Å². The Hall–Kier alpha value is -5.43. The number of fused-ring (bicyclic) bond motifs is 2. The molecule has 1 amide bonds. The van der Waals surface area contributed by atoms with E-state index in [1.54, 1.807) is 12.0 Å². The molecular formula is C40H39NO6. The SMILES string of the molecule is COc1ccc(C(CC=Cc2ccc3ccccc3c2)C(C)N(Cc2ccc3ccccc3c2)C(=O)CC(CC(=O)O)C(=O)O)cc1. The quantitative estimate of drug-likeness (QED) is 0.128. The Morgan fingerprint density at radius 3 is 2.00 bits per heavy atom. The first kappa shape index (κ1) is 32.9. The predicted molar refractivity (Wildman–Crippen MR) is 185 cm³/mol. The van der Waals surface area contributed by atoms with Crippen LogP contribution in [0.2, 0.25) is 0 Å². The predicted octanol–water partition coefficient (Wildman–Crippen LogP) is 8.17. The minimum atomic E-state index is -1.33. The van der Waals surface area contributed by atoms with Crippen molar-refractivity contribution in [1.82, 2.24) is 4.90 Å². The van der Waals surface area contributed by atoms with Crippen LogP contribution in [0.5, 0.6) is 5.75 Å². The first-order chi connectivity index (χ1) is 22.7. The number of ether oxygens (including phenoxy) is 1. The number of carboxylic acid groups (broad SMARTS) is 2. The fourth-order valence-corrected chi connectivity index (χ4v) is 6.12. The summed E-state index contributed by atoms with van der Waals surface area (Å²) in [7, 11) is 1.61. The van der Waals surface area contributed by atoms with Crippen molar-refractivity contribution in [2.75, 3.05) is 7.11 Å². The van der Waals surface area contributed by atoms with Crippen molar-refractivity contribution in [2.45, 2.75) is 44.7 Å². The van der Waals surface area contributed by atoms with Crippen LogP contribution in [0.1, 0.15) is 48.8 Å². The monoisotopic (exact) mass is 629 g/mol. The summed E-state index contributed by atoms with van der Waals surface area (Å²) < 4.78 is 5.40. The summed E-state index contributed by atoms with van der Waals surface area (Å²) in [4.78, 5) is 39.2. The number of nitrogens with zero attached hydrogens (tertiary/aromatic N) is 1. The molecule has 0 aromatic heterocycles. The molecule has 0 saturated carbocycles. The Kier molecular flexibility index (Phi) is 10.7. The van der Waals surface area contributed by atoms with Crippen LogP contribution < -0.4 is 4.74 Å². The number of carbonyl (C=O) groups excluding carboxylic acids is 1. The van der Waals surface area contributed by atoms with E-state index in [0.717, 1.165) is 32.8 Å². The zero-order chi connectivity index (χ0) is 33.3. The van der Waals surface area contributed by atoms with Crippen molar-refractivity contribution >= 4 is 45.5 Å². The summed E-state index contributed by atoms with van der Waals surface area (Å²) in [6.45, 7) is 2.22. The fourth-order valence-electron chi connectivity index (χ4n) is 6.12. The van der Waals surface area contributed by atoms with Crippen LogP contribution in [0.3, 0.4) is 0 Å². The van der Waals surface area contributed by atoms with E-state index in [-0.39, 0.29) is 18.5 Å². The van der Waals surface area contributed by atoms with Crippen molar-refractivity contribution in [3.05, 3.63) is 132 Å². The molecule has 3 unspecified atom stereocenters. The maximum atomic E-state index is 14.0. The van der Waals surface area contributed by atoms with Crippen LogP contribution in [-0.4, -0.2) is 46.1 Å². The molecule has 0 fully saturated rings. The average Bonchev–Trinajstić information content (AvgIpc) is 3.08. The van der Waals surface area contributed by atoms with Gasteiger partial charge in [0.1, 0.15) is 5.75 Å². The largest absolute Gasteiger partial charge is 0.497 e. The van der Waals surface area contributed by atoms with Gasteiger partial charge in [0, 0.05) is 24.9 Å². The second kappa shape index (κ2) is 15.2. The smallest absolute Gasteiger partial charge is 0.307 e. The Balaban J connectivity index is 1.49. The van der Waals surface area contributed by atoms with Gasteiger partial charge in [0.05, 0.1) is 19.4 Å². The number of carboxylic acids is 2. The molecule has 5 rings (SSSR count). The highest BCUT2D eigenvalue weighted by Crippen LogP contribution is 2.32. The molecular weight excluding hydrogens is 590 g/mol. The van der Waals surface area contributed by atoms with Gasteiger partial charge in [0.15, 0.2) is 0 Å². The van der Waals surface area contributed by atoms with E-state index < -0.39 is 36.6 Å². The van der Waals surface area contributed by atoms with Crippen molar-refractivity contribution < 1.29 is 29.3 Å². The second-order valence-corrected chi connectivity index (χ2v) is 11.9. The van der Waals surface area contributed by atoms with Crippen LogP contribution >= 0.6 is 0 Å². The number of amides is 1. The molecule has 5 aromatic carbocycles. The van der Waals surface area contributed by atoms with Crippen LogP contribution in [-0.2, 0) is 20.9 Å². The van der Waals surface area contributed by atoms with E-state index in [1.165, 1.54) is 5.39 Å². The lowest BCUT2D eigenvalue weighted by molar-refractivity contribution is -0.151. The van der Waals surface area contributed by atoms with Crippen molar-refractivity contribution in [3.63, 3.8) is 0 Å². The molecule has 0 aliphatic heterocycles. The highest BCUT2D eigenvalue weighted by atomic mass is 16.5. The first-order valence-corrected chi connectivity index (χ1v) is 15.7. The molecule has 0 saturated heterocycles. The molecule has 7 nitrogen and oxygen atoms in total. The normalized spacial score (nSPS) is 13.3. The average molecular weight is 630 g/mol. The number of rotatable bonds is 14. The third-order valence-electron chi connectivity index (χ3n) is 8.77. The molecule has 0 aliphatic carbocycles. The molecule has 3 atom stereocenters. The molecule has 0 bridgehead atoms. The third-order valence-corrected chi connectivity index (χ3v) is 8.77. The number of carbonyl (C=O) groups is 3. The van der Waals surface area contributed by atoms with Crippen LogP contribution in [0, 0.1) is 5.92 Å². The lowest BCUT2D eigenvalue weighted by atomic mass is 9.87. The second-order valence-electron chi connectivity index (χ2n) is 11.9. The van der Waals surface area contributed by atoms with Gasteiger partial charge in [-0.05, 0) is 75.8 Å². The van der Waals surface area contributed by atoms with Gasteiger partial charge in [-0.15, -0.1) is 0 Å². The highest BCUT2D eigenvalue weighted by Gasteiger charge is 2.32. The van der Waals surface area contributed by atoms with E-state index in [0.29, 0.717) is 12.2 Å². The number of hydrogen-bond acceptors (Lipinski definition) is 4. The Bertz CT molecular complexity index is 1900. The molecule has 240 valence electrons. The van der Waals surface area contributed by atoms with Crippen molar-refractivity contribution in [3.8, 4) is 5.75 Å². The lowest BCUT2D eigenvalue weighted by Crippen LogP contribution is -2.43. The van der Waals surface area contributed by atoms with Gasteiger partial charge in [-0.1, -0.05) is 97.1 Å². The maximum Gasteiger partial charge on any atom is 0.307 e. The van der Waals surface area contributed by atoms with Gasteiger partial charge in [-0.25, -0.2) is 0 Å². The zero-order valence-corrected chi connectivity index (χ0v) is 26.6. The topological polar surface area (TPSA) is 104 Å². The van der Waals surface area contributed by atoms with E-state index in [1.807, 2.05) is 85.8 Å². The molecule has 0 heterocycles. The van der Waals surface area contributed by atoms with E-state index in [4.69, 9.17) is 4.74 Å². The summed E-state index contributed by atoms with van der Waals surface area (Å²) >= 11 is 0. The van der Waals surface area contributed by atoms with Gasteiger partial charge in [-0.3, -0.25) is 14.4 Å². The molecule has 0 radical (unpaired) electrons. The standard InChI is InChI=1S/C40H39NO6/c1-27(37(32-18-20-36(47-2)21-19-32)13-7-8-28-14-16-30-9-3-5-11-33(30)22-28)41(38(42)24-35(40(45)46)25-39(43)44)26-29-15-17-31-10-4-6-12-34(31)23-29/h3-12,14-23,27,35,37H,13,24-26H2,1-2H3,(H,43,44)(H,45,46). The lowest BCUT2D eigenvalue weighted by Gasteiger charge is -2.36. The molecule has 2 N–H and O–H groups in total. The molecule has 7 heteroatoms. The van der Waals surface area contributed by atoms with Crippen LogP contribution in [0.25, 0.3) is 27.6 Å². The Morgan fingerprint density at radius 2 is 1.38 bits per heavy atom. The number of benzene rings is 5. The van der Waals surface area contributed by atoms with Gasteiger partial charge >= 0.3 is 11.9 Å². The van der Waals surface area contributed by atoms with Gasteiger partial charge in [0.2, 0.25) is 5.91 Å². The third kappa shape index (κ3) is 8.44. The van der Waals surface area contributed by atoms with E-state index in [9.17, 15) is 24.6 Å². The number of allylic oxidation sites excluding steroid dienone is 1. The van der Waals surface area contributed by atoms with Crippen molar-refractivity contribution in [1.29, 1.82) is 0 Å².